The lowest BCUT2D eigenvalue weighted by Crippen LogP contribution is -2.53. The number of methoxy groups -OCH3 is 1. The Hall–Kier alpha value is -3.65. The SMILES string of the molecule is COc1cc2c(cc1N(CCO)N=Cc1cc(C)[n+](C)c(=O)n1C)oc1ccccc12. The van der Waals surface area contributed by atoms with E-state index in [4.69, 9.17) is 9.15 Å². The molecule has 0 saturated heterocycles. The Morgan fingerprint density at radius 2 is 2.00 bits per heavy atom. The van der Waals surface area contributed by atoms with Crippen LogP contribution in [0.1, 0.15) is 11.4 Å². The summed E-state index contributed by atoms with van der Waals surface area (Å²) < 4.78 is 14.7. The average molecular weight is 421 g/mol. The van der Waals surface area contributed by atoms with Gasteiger partial charge in [0.25, 0.3) is 0 Å². The zero-order valence-electron chi connectivity index (χ0n) is 18.0. The van der Waals surface area contributed by atoms with Gasteiger partial charge in [0.15, 0.2) is 5.69 Å². The fourth-order valence-electron chi connectivity index (χ4n) is 3.59. The van der Waals surface area contributed by atoms with Gasteiger partial charge in [-0.25, -0.2) is 0 Å². The number of aliphatic hydroxyl groups excluding tert-OH is 1. The van der Waals surface area contributed by atoms with Gasteiger partial charge in [0.05, 0.1) is 40.6 Å². The number of para-hydroxylation sites is 1. The number of furan rings is 1. The van der Waals surface area contributed by atoms with Crippen molar-refractivity contribution in [1.82, 2.24) is 4.57 Å². The zero-order chi connectivity index (χ0) is 22.1. The summed E-state index contributed by atoms with van der Waals surface area (Å²) in [5.74, 6) is 0.606. The number of nitrogens with zero attached hydrogens (tertiary/aromatic N) is 4. The molecule has 0 fully saturated rings. The number of benzene rings is 2. The first-order chi connectivity index (χ1) is 14.9. The van der Waals surface area contributed by atoms with Gasteiger partial charge < -0.3 is 14.3 Å². The first-order valence-electron chi connectivity index (χ1n) is 9.93. The minimum atomic E-state index is -0.142. The predicted octanol–water partition coefficient (Wildman–Crippen LogP) is 2.26. The minimum absolute atomic E-state index is 0.111. The van der Waals surface area contributed by atoms with E-state index in [1.807, 2.05) is 49.4 Å². The van der Waals surface area contributed by atoms with Crippen LogP contribution in [0.5, 0.6) is 5.75 Å². The van der Waals surface area contributed by atoms with Crippen molar-refractivity contribution in [1.29, 1.82) is 0 Å². The van der Waals surface area contributed by atoms with Crippen molar-refractivity contribution in [3.8, 4) is 5.75 Å². The summed E-state index contributed by atoms with van der Waals surface area (Å²) in [5, 5.41) is 17.8. The van der Waals surface area contributed by atoms with Gasteiger partial charge in [0.1, 0.15) is 28.3 Å². The van der Waals surface area contributed by atoms with Gasteiger partial charge in [-0.05, 0) is 19.1 Å². The van der Waals surface area contributed by atoms with E-state index < -0.39 is 0 Å². The van der Waals surface area contributed by atoms with Crippen molar-refractivity contribution < 1.29 is 18.8 Å². The molecular weight excluding hydrogens is 396 g/mol. The molecule has 0 atom stereocenters. The van der Waals surface area contributed by atoms with Crippen LogP contribution >= 0.6 is 0 Å². The molecule has 0 aliphatic heterocycles. The Morgan fingerprint density at radius 3 is 2.74 bits per heavy atom. The van der Waals surface area contributed by atoms with Crippen molar-refractivity contribution in [3.63, 3.8) is 0 Å². The molecule has 0 radical (unpaired) electrons. The molecule has 4 aromatic rings. The summed E-state index contributed by atoms with van der Waals surface area (Å²) in [6, 6.07) is 13.5. The molecule has 0 aliphatic rings. The number of aromatic nitrogens is 2. The van der Waals surface area contributed by atoms with E-state index in [0.717, 1.165) is 22.0 Å². The molecule has 160 valence electrons. The Kier molecular flexibility index (Phi) is 5.48. The molecule has 2 heterocycles. The van der Waals surface area contributed by atoms with Crippen molar-refractivity contribution >= 4 is 33.8 Å². The highest BCUT2D eigenvalue weighted by atomic mass is 16.5. The molecule has 2 aromatic heterocycles. The van der Waals surface area contributed by atoms with Crippen molar-refractivity contribution in [2.24, 2.45) is 19.2 Å². The fraction of sp³-hybridized carbons (Fsp3) is 0.261. The third-order valence-electron chi connectivity index (χ3n) is 5.44. The van der Waals surface area contributed by atoms with Crippen molar-refractivity contribution in [3.05, 3.63) is 64.3 Å². The first-order valence-corrected chi connectivity index (χ1v) is 9.93. The summed E-state index contributed by atoms with van der Waals surface area (Å²) >= 11 is 0. The Morgan fingerprint density at radius 1 is 1.23 bits per heavy atom. The fourth-order valence-corrected chi connectivity index (χ4v) is 3.59. The number of hydrogen-bond acceptors (Lipinski definition) is 6. The van der Waals surface area contributed by atoms with Crippen LogP contribution in [0.4, 0.5) is 5.69 Å². The van der Waals surface area contributed by atoms with Crippen LogP contribution in [0.2, 0.25) is 0 Å². The molecular formula is C23H25N4O4+. The minimum Gasteiger partial charge on any atom is -0.494 e. The van der Waals surface area contributed by atoms with Gasteiger partial charge in [0, 0.05) is 22.9 Å². The van der Waals surface area contributed by atoms with Gasteiger partial charge >= 0.3 is 5.69 Å². The van der Waals surface area contributed by atoms with E-state index in [9.17, 15) is 9.90 Å². The van der Waals surface area contributed by atoms with Crippen molar-refractivity contribution in [2.45, 2.75) is 6.92 Å². The lowest BCUT2D eigenvalue weighted by molar-refractivity contribution is -0.696. The molecule has 0 unspecified atom stereocenters. The van der Waals surface area contributed by atoms with E-state index in [1.54, 1.807) is 37.0 Å². The molecule has 31 heavy (non-hydrogen) atoms. The number of anilines is 1. The Balaban J connectivity index is 1.82. The molecule has 1 N–H and O–H groups in total. The number of hydrazone groups is 1. The van der Waals surface area contributed by atoms with Gasteiger partial charge in [-0.2, -0.15) is 19.0 Å². The molecule has 0 bridgehead atoms. The van der Waals surface area contributed by atoms with Crippen LogP contribution in [0.3, 0.4) is 0 Å². The summed E-state index contributed by atoms with van der Waals surface area (Å²) in [5.41, 5.74) is 3.47. The van der Waals surface area contributed by atoms with Crippen LogP contribution < -0.4 is 20.0 Å². The van der Waals surface area contributed by atoms with Crippen LogP contribution in [0.15, 0.2) is 56.8 Å². The molecule has 2 aromatic carbocycles. The highest BCUT2D eigenvalue weighted by Gasteiger charge is 2.17. The van der Waals surface area contributed by atoms with E-state index in [0.29, 0.717) is 22.7 Å². The molecule has 0 saturated carbocycles. The standard InChI is InChI=1S/C23H25N4O4/c1-15-11-16(26(3)23(29)25(15)2)14-24-27(9-10-28)19-13-21-18(12-22(19)30-4)17-7-5-6-8-20(17)31-21/h5-8,11-14,28H,9-10H2,1-4H3/q+1. The quantitative estimate of drug-likeness (QED) is 0.293. The Bertz CT molecular complexity index is 1350. The number of ether oxygens (including phenoxy) is 1. The molecule has 8 nitrogen and oxygen atoms in total. The van der Waals surface area contributed by atoms with Crippen LogP contribution in [0, 0.1) is 6.92 Å². The zero-order valence-corrected chi connectivity index (χ0v) is 18.0. The highest BCUT2D eigenvalue weighted by molar-refractivity contribution is 6.06. The Labute approximate surface area is 179 Å². The average Bonchev–Trinajstić information content (AvgIpc) is 3.14. The lowest BCUT2D eigenvalue weighted by atomic mass is 10.1. The lowest BCUT2D eigenvalue weighted by Gasteiger charge is -2.20. The van der Waals surface area contributed by atoms with E-state index >= 15 is 0 Å². The van der Waals surface area contributed by atoms with Crippen LogP contribution in [-0.2, 0) is 14.1 Å². The maximum atomic E-state index is 12.4. The van der Waals surface area contributed by atoms with E-state index in [1.165, 1.54) is 4.57 Å². The number of aryl methyl sites for hydroxylation is 1. The summed E-state index contributed by atoms with van der Waals surface area (Å²) in [7, 11) is 5.02. The highest BCUT2D eigenvalue weighted by Crippen LogP contribution is 2.38. The predicted molar refractivity (Wildman–Crippen MR) is 120 cm³/mol. The maximum Gasteiger partial charge on any atom is 0.498 e. The molecule has 4 rings (SSSR count). The first kappa shape index (κ1) is 20.6. The topological polar surface area (TPSA) is 84.1 Å². The van der Waals surface area contributed by atoms with Gasteiger partial charge in [-0.1, -0.05) is 18.2 Å². The number of hydrogen-bond donors (Lipinski definition) is 1. The molecule has 0 spiro atoms. The van der Waals surface area contributed by atoms with Crippen LogP contribution in [-0.4, -0.2) is 36.1 Å². The largest absolute Gasteiger partial charge is 0.498 e. The smallest absolute Gasteiger partial charge is 0.494 e. The van der Waals surface area contributed by atoms with Gasteiger partial charge in [-0.15, -0.1) is 0 Å². The second kappa shape index (κ2) is 8.23. The second-order valence-electron chi connectivity index (χ2n) is 7.32. The number of rotatable bonds is 6. The van der Waals surface area contributed by atoms with E-state index in [2.05, 4.69) is 5.10 Å². The monoisotopic (exact) mass is 421 g/mol. The molecule has 8 heteroatoms. The third-order valence-corrected chi connectivity index (χ3v) is 5.44. The molecule has 0 amide bonds. The summed E-state index contributed by atoms with van der Waals surface area (Å²) in [6.45, 7) is 2.00. The van der Waals surface area contributed by atoms with Gasteiger partial charge in [0.2, 0.25) is 0 Å². The second-order valence-corrected chi connectivity index (χ2v) is 7.32. The summed E-state index contributed by atoms with van der Waals surface area (Å²) in [4.78, 5) is 12.4. The molecule has 0 aliphatic carbocycles. The van der Waals surface area contributed by atoms with Gasteiger partial charge in [-0.3, -0.25) is 5.01 Å². The number of aliphatic hydroxyl groups is 1. The summed E-state index contributed by atoms with van der Waals surface area (Å²) in [6.07, 6.45) is 1.60. The normalized spacial score (nSPS) is 11.6. The van der Waals surface area contributed by atoms with Crippen molar-refractivity contribution in [2.75, 3.05) is 25.3 Å². The maximum absolute atomic E-state index is 12.4. The third kappa shape index (κ3) is 3.66. The van der Waals surface area contributed by atoms with Crippen LogP contribution in [0.25, 0.3) is 21.9 Å². The van der Waals surface area contributed by atoms with E-state index in [-0.39, 0.29) is 18.8 Å². The number of fused-ring (bicyclic) bond motifs is 3.